The molecule has 0 aliphatic heterocycles. The lowest BCUT2D eigenvalue weighted by Crippen LogP contribution is -2.39. The highest BCUT2D eigenvalue weighted by atomic mass is 16.5. The van der Waals surface area contributed by atoms with Gasteiger partial charge in [-0.1, -0.05) is 24.3 Å². The van der Waals surface area contributed by atoms with E-state index in [0.717, 1.165) is 28.9 Å². The molecule has 0 saturated carbocycles. The van der Waals surface area contributed by atoms with Gasteiger partial charge in [0.25, 0.3) is 0 Å². The van der Waals surface area contributed by atoms with Crippen LogP contribution in [0, 0.1) is 0 Å². The molecule has 0 unspecified atom stereocenters. The SMILES string of the molecule is CC(C)N(CCOc1cccc2c1cnn2-c1ccccc1)C(C)C. The third-order valence-electron chi connectivity index (χ3n) is 4.51. The molecule has 0 aliphatic rings. The fourth-order valence-electron chi connectivity index (χ4n) is 3.30. The molecule has 0 spiro atoms. The van der Waals surface area contributed by atoms with E-state index >= 15 is 0 Å². The molecule has 0 aliphatic carbocycles. The molecule has 1 heterocycles. The molecule has 0 fully saturated rings. The quantitative estimate of drug-likeness (QED) is 0.635. The molecule has 4 heteroatoms. The van der Waals surface area contributed by atoms with Crippen molar-refractivity contribution in [1.82, 2.24) is 14.7 Å². The van der Waals surface area contributed by atoms with Gasteiger partial charge in [-0.15, -0.1) is 0 Å². The molecule has 25 heavy (non-hydrogen) atoms. The number of hydrogen-bond acceptors (Lipinski definition) is 3. The Bertz CT molecular complexity index is 800. The highest BCUT2D eigenvalue weighted by Gasteiger charge is 2.14. The maximum Gasteiger partial charge on any atom is 0.130 e. The zero-order chi connectivity index (χ0) is 17.8. The average Bonchev–Trinajstić information content (AvgIpc) is 3.03. The zero-order valence-corrected chi connectivity index (χ0v) is 15.5. The summed E-state index contributed by atoms with van der Waals surface area (Å²) in [5, 5.41) is 5.60. The van der Waals surface area contributed by atoms with Gasteiger partial charge < -0.3 is 4.74 Å². The summed E-state index contributed by atoms with van der Waals surface area (Å²) in [5.74, 6) is 0.896. The second-order valence-electron chi connectivity index (χ2n) is 6.85. The van der Waals surface area contributed by atoms with Crippen LogP contribution in [0.15, 0.2) is 54.7 Å². The molecular formula is C21H27N3O. The minimum absolute atomic E-state index is 0.514. The number of fused-ring (bicyclic) bond motifs is 1. The van der Waals surface area contributed by atoms with Crippen LogP contribution in [0.5, 0.6) is 5.75 Å². The molecular weight excluding hydrogens is 310 g/mol. The van der Waals surface area contributed by atoms with Crippen molar-refractivity contribution in [3.63, 3.8) is 0 Å². The molecule has 3 aromatic rings. The van der Waals surface area contributed by atoms with Gasteiger partial charge in [0, 0.05) is 18.6 Å². The summed E-state index contributed by atoms with van der Waals surface area (Å²) < 4.78 is 8.06. The smallest absolute Gasteiger partial charge is 0.130 e. The van der Waals surface area contributed by atoms with Crippen molar-refractivity contribution in [2.75, 3.05) is 13.2 Å². The Kier molecular flexibility index (Phi) is 5.39. The Labute approximate surface area is 150 Å². The van der Waals surface area contributed by atoms with E-state index in [1.165, 1.54) is 0 Å². The largest absolute Gasteiger partial charge is 0.491 e. The van der Waals surface area contributed by atoms with Gasteiger partial charge in [0.15, 0.2) is 0 Å². The number of hydrogen-bond donors (Lipinski definition) is 0. The standard InChI is InChI=1S/C21H27N3O/c1-16(2)23(17(3)4)13-14-25-21-12-8-11-20-19(21)15-22-24(20)18-9-6-5-7-10-18/h5-12,15-17H,13-14H2,1-4H3. The van der Waals surface area contributed by atoms with Crippen LogP contribution in [0.25, 0.3) is 16.6 Å². The van der Waals surface area contributed by atoms with Crippen LogP contribution in [-0.4, -0.2) is 39.9 Å². The Hall–Kier alpha value is -2.33. The third-order valence-corrected chi connectivity index (χ3v) is 4.51. The first-order chi connectivity index (χ1) is 12.1. The van der Waals surface area contributed by atoms with E-state index in [1.807, 2.05) is 41.2 Å². The van der Waals surface area contributed by atoms with Crippen LogP contribution >= 0.6 is 0 Å². The lowest BCUT2D eigenvalue weighted by Gasteiger charge is -2.30. The lowest BCUT2D eigenvalue weighted by molar-refractivity contribution is 0.142. The van der Waals surface area contributed by atoms with Gasteiger partial charge in [-0.25, -0.2) is 4.68 Å². The zero-order valence-electron chi connectivity index (χ0n) is 15.5. The minimum Gasteiger partial charge on any atom is -0.491 e. The molecule has 0 bridgehead atoms. The Morgan fingerprint density at radius 3 is 2.36 bits per heavy atom. The fourth-order valence-corrected chi connectivity index (χ4v) is 3.30. The van der Waals surface area contributed by atoms with E-state index in [9.17, 15) is 0 Å². The first-order valence-corrected chi connectivity index (χ1v) is 8.98. The van der Waals surface area contributed by atoms with Gasteiger partial charge in [0.05, 0.1) is 22.8 Å². The predicted molar refractivity (Wildman–Crippen MR) is 104 cm³/mol. The minimum atomic E-state index is 0.514. The van der Waals surface area contributed by atoms with E-state index < -0.39 is 0 Å². The van der Waals surface area contributed by atoms with Crippen molar-refractivity contribution in [3.05, 3.63) is 54.7 Å². The van der Waals surface area contributed by atoms with Gasteiger partial charge in [0.1, 0.15) is 12.4 Å². The normalized spacial score (nSPS) is 11.8. The summed E-state index contributed by atoms with van der Waals surface area (Å²) in [4.78, 5) is 2.44. The summed E-state index contributed by atoms with van der Waals surface area (Å²) in [6.45, 7) is 10.5. The summed E-state index contributed by atoms with van der Waals surface area (Å²) >= 11 is 0. The molecule has 0 radical (unpaired) electrons. The van der Waals surface area contributed by atoms with Crippen molar-refractivity contribution in [1.29, 1.82) is 0 Å². The van der Waals surface area contributed by atoms with E-state index in [2.05, 4.69) is 55.9 Å². The van der Waals surface area contributed by atoms with Crippen LogP contribution in [0.3, 0.4) is 0 Å². The number of para-hydroxylation sites is 1. The third kappa shape index (κ3) is 3.85. The van der Waals surface area contributed by atoms with Gasteiger partial charge in [-0.3, -0.25) is 4.90 Å². The fraction of sp³-hybridized carbons (Fsp3) is 0.381. The van der Waals surface area contributed by atoms with E-state index in [0.29, 0.717) is 18.7 Å². The number of rotatable bonds is 7. The second kappa shape index (κ2) is 7.70. The van der Waals surface area contributed by atoms with Gasteiger partial charge in [-0.2, -0.15) is 5.10 Å². The highest BCUT2D eigenvalue weighted by molar-refractivity contribution is 5.86. The van der Waals surface area contributed by atoms with Gasteiger partial charge in [-0.05, 0) is 52.0 Å². The topological polar surface area (TPSA) is 30.3 Å². The Morgan fingerprint density at radius 2 is 1.68 bits per heavy atom. The summed E-state index contributed by atoms with van der Waals surface area (Å²) in [5.41, 5.74) is 2.12. The summed E-state index contributed by atoms with van der Waals surface area (Å²) in [6.07, 6.45) is 1.89. The van der Waals surface area contributed by atoms with Crippen molar-refractivity contribution >= 4 is 10.9 Å². The Balaban J connectivity index is 1.78. The molecule has 0 saturated heterocycles. The monoisotopic (exact) mass is 337 g/mol. The van der Waals surface area contributed by atoms with Crippen molar-refractivity contribution in [2.45, 2.75) is 39.8 Å². The van der Waals surface area contributed by atoms with Gasteiger partial charge >= 0.3 is 0 Å². The number of ether oxygens (including phenoxy) is 1. The van der Waals surface area contributed by atoms with E-state index in [1.54, 1.807) is 0 Å². The van der Waals surface area contributed by atoms with E-state index in [4.69, 9.17) is 4.74 Å². The van der Waals surface area contributed by atoms with Crippen molar-refractivity contribution in [3.8, 4) is 11.4 Å². The summed E-state index contributed by atoms with van der Waals surface area (Å²) in [6, 6.07) is 17.3. The molecule has 1 aromatic heterocycles. The molecule has 3 rings (SSSR count). The summed E-state index contributed by atoms with van der Waals surface area (Å²) in [7, 11) is 0. The van der Waals surface area contributed by atoms with Crippen molar-refractivity contribution < 1.29 is 4.74 Å². The highest BCUT2D eigenvalue weighted by Crippen LogP contribution is 2.27. The number of benzene rings is 2. The molecule has 0 N–H and O–H groups in total. The average molecular weight is 337 g/mol. The first-order valence-electron chi connectivity index (χ1n) is 8.98. The second-order valence-corrected chi connectivity index (χ2v) is 6.85. The predicted octanol–water partition coefficient (Wildman–Crippen LogP) is 4.52. The lowest BCUT2D eigenvalue weighted by atomic mass is 10.2. The molecule has 132 valence electrons. The molecule has 2 aromatic carbocycles. The molecule has 0 atom stereocenters. The maximum absolute atomic E-state index is 6.10. The van der Waals surface area contributed by atoms with Gasteiger partial charge in [0.2, 0.25) is 0 Å². The maximum atomic E-state index is 6.10. The van der Waals surface area contributed by atoms with Crippen LogP contribution in [-0.2, 0) is 0 Å². The number of aromatic nitrogens is 2. The van der Waals surface area contributed by atoms with Crippen LogP contribution in [0.2, 0.25) is 0 Å². The molecule has 0 amide bonds. The van der Waals surface area contributed by atoms with E-state index in [-0.39, 0.29) is 0 Å². The van der Waals surface area contributed by atoms with Crippen molar-refractivity contribution in [2.24, 2.45) is 0 Å². The van der Waals surface area contributed by atoms with Crippen LogP contribution in [0.4, 0.5) is 0 Å². The van der Waals surface area contributed by atoms with Crippen LogP contribution < -0.4 is 4.74 Å². The first kappa shape index (κ1) is 17.5. The molecule has 4 nitrogen and oxygen atoms in total. The van der Waals surface area contributed by atoms with Crippen LogP contribution in [0.1, 0.15) is 27.7 Å². The number of nitrogens with zero attached hydrogens (tertiary/aromatic N) is 3. The Morgan fingerprint density at radius 1 is 0.960 bits per heavy atom.